The van der Waals surface area contributed by atoms with Crippen LogP contribution >= 0.6 is 0 Å². The minimum atomic E-state index is -0.0339. The first-order valence-electron chi connectivity index (χ1n) is 7.52. The van der Waals surface area contributed by atoms with Crippen LogP contribution in [0.5, 0.6) is 0 Å². The molecule has 0 aromatic heterocycles. The Hall–Kier alpha value is -1.55. The first-order chi connectivity index (χ1) is 9.76. The minimum absolute atomic E-state index is 0.0339. The maximum absolute atomic E-state index is 9.06. The van der Waals surface area contributed by atoms with Gasteiger partial charge in [0.2, 0.25) is 0 Å². The lowest BCUT2D eigenvalue weighted by atomic mass is 9.93. The number of nitrogens with zero attached hydrogens (tertiary/aromatic N) is 2. The van der Waals surface area contributed by atoms with Crippen LogP contribution in [0.2, 0.25) is 0 Å². The van der Waals surface area contributed by atoms with E-state index in [4.69, 9.17) is 10.9 Å². The molecule has 0 aliphatic carbocycles. The number of hydrogen-bond acceptors (Lipinski definition) is 3. The van der Waals surface area contributed by atoms with Crippen LogP contribution in [0.25, 0.3) is 0 Å². The van der Waals surface area contributed by atoms with Gasteiger partial charge in [0.15, 0.2) is 0 Å². The molecular formula is C16H25N3O. The number of likely N-dealkylation sites (tertiary alicyclic amines) is 1. The van der Waals surface area contributed by atoms with Crippen molar-refractivity contribution in [3.8, 4) is 0 Å². The molecule has 1 fully saturated rings. The van der Waals surface area contributed by atoms with Gasteiger partial charge in [-0.15, -0.1) is 0 Å². The predicted octanol–water partition coefficient (Wildman–Crippen LogP) is 2.78. The van der Waals surface area contributed by atoms with E-state index in [0.717, 1.165) is 25.1 Å². The Kier molecular flexibility index (Phi) is 5.41. The van der Waals surface area contributed by atoms with Gasteiger partial charge in [-0.3, -0.25) is 4.90 Å². The van der Waals surface area contributed by atoms with Crippen LogP contribution in [-0.2, 0) is 0 Å². The predicted molar refractivity (Wildman–Crippen MR) is 82.1 cm³/mol. The van der Waals surface area contributed by atoms with E-state index in [9.17, 15) is 0 Å². The number of hydrogen-bond donors (Lipinski definition) is 2. The Bertz CT molecular complexity index is 433. The molecule has 0 radical (unpaired) electrons. The molecule has 1 saturated heterocycles. The van der Waals surface area contributed by atoms with Crippen LogP contribution in [-0.4, -0.2) is 35.1 Å². The maximum Gasteiger partial charge on any atom is 0.147 e. The summed E-state index contributed by atoms with van der Waals surface area (Å²) in [6, 6.07) is 10.7. The molecule has 2 rings (SSSR count). The van der Waals surface area contributed by atoms with E-state index in [1.807, 2.05) is 30.3 Å². The number of benzene rings is 1. The van der Waals surface area contributed by atoms with Crippen molar-refractivity contribution < 1.29 is 5.21 Å². The van der Waals surface area contributed by atoms with E-state index >= 15 is 0 Å². The number of oxime groups is 1. The largest absolute Gasteiger partial charge is 0.409 e. The van der Waals surface area contributed by atoms with Crippen molar-refractivity contribution in [3.63, 3.8) is 0 Å². The maximum atomic E-state index is 9.06. The van der Waals surface area contributed by atoms with E-state index in [1.54, 1.807) is 0 Å². The second-order valence-electron chi connectivity index (χ2n) is 5.54. The van der Waals surface area contributed by atoms with Gasteiger partial charge in [0.25, 0.3) is 0 Å². The van der Waals surface area contributed by atoms with Crippen molar-refractivity contribution in [1.29, 1.82) is 0 Å². The topological polar surface area (TPSA) is 61.8 Å². The Balaban J connectivity index is 2.16. The summed E-state index contributed by atoms with van der Waals surface area (Å²) < 4.78 is 0. The second kappa shape index (κ2) is 7.29. The Labute approximate surface area is 121 Å². The third-order valence-electron chi connectivity index (χ3n) is 4.31. The molecule has 1 heterocycles. The minimum Gasteiger partial charge on any atom is -0.409 e. The van der Waals surface area contributed by atoms with E-state index in [0.29, 0.717) is 11.9 Å². The summed E-state index contributed by atoms with van der Waals surface area (Å²) in [7, 11) is 0. The zero-order valence-corrected chi connectivity index (χ0v) is 12.2. The third-order valence-corrected chi connectivity index (χ3v) is 4.31. The summed E-state index contributed by atoms with van der Waals surface area (Å²) in [4.78, 5) is 2.50. The zero-order valence-electron chi connectivity index (χ0n) is 12.2. The van der Waals surface area contributed by atoms with Crippen LogP contribution in [0.3, 0.4) is 0 Å². The second-order valence-corrected chi connectivity index (χ2v) is 5.54. The third kappa shape index (κ3) is 3.51. The molecule has 1 aliphatic rings. The Morgan fingerprint density at radius 3 is 2.80 bits per heavy atom. The van der Waals surface area contributed by atoms with E-state index < -0.39 is 0 Å². The summed E-state index contributed by atoms with van der Waals surface area (Å²) in [6.45, 7) is 4.18. The van der Waals surface area contributed by atoms with Crippen molar-refractivity contribution in [3.05, 3.63) is 35.9 Å². The van der Waals surface area contributed by atoms with Crippen molar-refractivity contribution >= 4 is 5.84 Å². The molecule has 0 amide bonds. The first-order valence-corrected chi connectivity index (χ1v) is 7.52. The molecule has 2 unspecified atom stereocenters. The Morgan fingerprint density at radius 1 is 1.40 bits per heavy atom. The highest BCUT2D eigenvalue weighted by Gasteiger charge is 2.26. The van der Waals surface area contributed by atoms with Crippen LogP contribution in [0.15, 0.2) is 35.5 Å². The highest BCUT2D eigenvalue weighted by Crippen LogP contribution is 2.24. The SMILES string of the molecule is CCC1CCCCN1CC(C(N)=NO)c1ccccc1. The highest BCUT2D eigenvalue weighted by atomic mass is 16.4. The number of amidine groups is 1. The highest BCUT2D eigenvalue weighted by molar-refractivity contribution is 5.87. The molecule has 4 heteroatoms. The Morgan fingerprint density at radius 2 is 2.15 bits per heavy atom. The first kappa shape index (κ1) is 14.9. The van der Waals surface area contributed by atoms with Gasteiger partial charge in [-0.1, -0.05) is 48.8 Å². The van der Waals surface area contributed by atoms with Crippen LogP contribution in [0.1, 0.15) is 44.1 Å². The fraction of sp³-hybridized carbons (Fsp3) is 0.562. The normalized spacial score (nSPS) is 22.6. The summed E-state index contributed by atoms with van der Waals surface area (Å²) >= 11 is 0. The van der Waals surface area contributed by atoms with Crippen molar-refractivity contribution in [1.82, 2.24) is 4.90 Å². The average molecular weight is 275 g/mol. The van der Waals surface area contributed by atoms with Gasteiger partial charge >= 0.3 is 0 Å². The van der Waals surface area contributed by atoms with Crippen LogP contribution in [0, 0.1) is 0 Å². The molecule has 20 heavy (non-hydrogen) atoms. The van der Waals surface area contributed by atoms with Gasteiger partial charge in [0, 0.05) is 12.6 Å². The molecule has 1 aromatic rings. The van der Waals surface area contributed by atoms with E-state index in [1.165, 1.54) is 19.3 Å². The van der Waals surface area contributed by atoms with Crippen LogP contribution < -0.4 is 5.73 Å². The fourth-order valence-electron chi connectivity index (χ4n) is 3.12. The smallest absolute Gasteiger partial charge is 0.147 e. The van der Waals surface area contributed by atoms with E-state index in [2.05, 4.69) is 17.0 Å². The standard InChI is InChI=1S/C16H25N3O/c1-2-14-10-6-7-11-19(14)12-15(16(17)18-20)13-8-4-3-5-9-13/h3-5,8-9,14-15,20H,2,6-7,10-12H2,1H3,(H2,17,18). The van der Waals surface area contributed by atoms with Crippen molar-refractivity contribution in [2.45, 2.75) is 44.6 Å². The van der Waals surface area contributed by atoms with E-state index in [-0.39, 0.29) is 5.92 Å². The van der Waals surface area contributed by atoms with Gasteiger partial charge in [-0.05, 0) is 31.4 Å². The molecule has 2 atom stereocenters. The molecule has 110 valence electrons. The number of piperidine rings is 1. The molecule has 0 spiro atoms. The van der Waals surface area contributed by atoms with Gasteiger partial charge in [0.1, 0.15) is 5.84 Å². The molecule has 0 bridgehead atoms. The summed E-state index contributed by atoms with van der Waals surface area (Å²) in [6.07, 6.45) is 4.98. The molecule has 1 aliphatic heterocycles. The average Bonchev–Trinajstić information content (AvgIpc) is 2.53. The van der Waals surface area contributed by atoms with Gasteiger partial charge in [-0.25, -0.2) is 0 Å². The summed E-state index contributed by atoms with van der Waals surface area (Å²) in [5, 5.41) is 12.3. The summed E-state index contributed by atoms with van der Waals surface area (Å²) in [5.41, 5.74) is 7.04. The van der Waals surface area contributed by atoms with Gasteiger partial charge in [0.05, 0.1) is 5.92 Å². The van der Waals surface area contributed by atoms with Gasteiger partial charge in [-0.2, -0.15) is 0 Å². The van der Waals surface area contributed by atoms with Crippen molar-refractivity contribution in [2.75, 3.05) is 13.1 Å². The number of rotatable bonds is 5. The van der Waals surface area contributed by atoms with Gasteiger partial charge < -0.3 is 10.9 Å². The zero-order chi connectivity index (χ0) is 14.4. The monoisotopic (exact) mass is 275 g/mol. The molecular weight excluding hydrogens is 250 g/mol. The lowest BCUT2D eigenvalue weighted by molar-refractivity contribution is 0.142. The fourth-order valence-corrected chi connectivity index (χ4v) is 3.12. The molecule has 3 N–H and O–H groups in total. The summed E-state index contributed by atoms with van der Waals surface area (Å²) in [5.74, 6) is 0.268. The molecule has 4 nitrogen and oxygen atoms in total. The van der Waals surface area contributed by atoms with Crippen molar-refractivity contribution in [2.24, 2.45) is 10.9 Å². The quantitative estimate of drug-likeness (QED) is 0.376. The molecule has 0 saturated carbocycles. The molecule has 1 aromatic carbocycles. The lowest BCUT2D eigenvalue weighted by Crippen LogP contribution is -2.43. The lowest BCUT2D eigenvalue weighted by Gasteiger charge is -2.37. The number of nitrogens with two attached hydrogens (primary N) is 1. The van der Waals surface area contributed by atoms with Crippen LogP contribution in [0.4, 0.5) is 0 Å².